The number of carbonyl (C=O) groups is 1. The van der Waals surface area contributed by atoms with Gasteiger partial charge in [0.25, 0.3) is 5.91 Å². The second kappa shape index (κ2) is 2.80. The molecule has 0 aromatic heterocycles. The average Bonchev–Trinajstić information content (AvgIpc) is 2.67. The van der Waals surface area contributed by atoms with Gasteiger partial charge < -0.3 is 4.90 Å². The zero-order chi connectivity index (χ0) is 9.54. The van der Waals surface area contributed by atoms with Crippen molar-refractivity contribution in [3.05, 3.63) is 23.9 Å². The summed E-state index contributed by atoms with van der Waals surface area (Å²) in [6, 6.07) is 0. The molecule has 3 aliphatic rings. The Balaban J connectivity index is 2.04. The van der Waals surface area contributed by atoms with Crippen LogP contribution in [0, 0.1) is 5.92 Å². The smallest absolute Gasteiger partial charge is 0.260 e. The molecule has 1 unspecified atom stereocenters. The van der Waals surface area contributed by atoms with Crippen molar-refractivity contribution in [1.29, 1.82) is 0 Å². The monoisotopic (exact) mass is 188 g/mol. The zero-order valence-corrected chi connectivity index (χ0v) is 7.94. The van der Waals surface area contributed by atoms with Crippen LogP contribution < -0.4 is 0 Å². The Labute approximate surface area is 82.8 Å². The van der Waals surface area contributed by atoms with E-state index in [1.165, 1.54) is 6.42 Å². The van der Waals surface area contributed by atoms with Gasteiger partial charge in [0.1, 0.15) is 5.84 Å². The molecule has 1 amide bonds. The van der Waals surface area contributed by atoms with Gasteiger partial charge in [-0.1, -0.05) is 12.2 Å². The van der Waals surface area contributed by atoms with E-state index >= 15 is 0 Å². The molecule has 0 spiro atoms. The highest BCUT2D eigenvalue weighted by Gasteiger charge is 2.34. The number of hydrogen-bond acceptors (Lipinski definition) is 2. The molecule has 1 aliphatic carbocycles. The number of rotatable bonds is 0. The van der Waals surface area contributed by atoms with Crippen molar-refractivity contribution in [3.63, 3.8) is 0 Å². The third kappa shape index (κ3) is 0.983. The predicted molar refractivity (Wildman–Crippen MR) is 53.7 cm³/mol. The first-order chi connectivity index (χ1) is 6.86. The highest BCUT2D eigenvalue weighted by atomic mass is 16.1. The number of carbonyl (C=O) groups excluding carboxylic acids is 1. The lowest BCUT2D eigenvalue weighted by Crippen LogP contribution is -2.42. The lowest BCUT2D eigenvalue weighted by atomic mass is 10.00. The third-order valence-corrected chi connectivity index (χ3v) is 3.05. The van der Waals surface area contributed by atoms with Crippen LogP contribution in [-0.2, 0) is 4.79 Å². The molecule has 3 heteroatoms. The van der Waals surface area contributed by atoms with E-state index in [1.807, 2.05) is 18.2 Å². The zero-order valence-electron chi connectivity index (χ0n) is 7.94. The fourth-order valence-corrected chi connectivity index (χ4v) is 2.34. The molecule has 1 atom stereocenters. The molecule has 2 aliphatic heterocycles. The van der Waals surface area contributed by atoms with Crippen LogP contribution in [0.2, 0.25) is 0 Å². The van der Waals surface area contributed by atoms with Crippen molar-refractivity contribution < 1.29 is 4.79 Å². The molecule has 2 heterocycles. The summed E-state index contributed by atoms with van der Waals surface area (Å²) in [7, 11) is 0. The Kier molecular flexibility index (Phi) is 1.60. The molecular formula is C11H12N2O. The Hall–Kier alpha value is -1.38. The van der Waals surface area contributed by atoms with Crippen LogP contribution in [0.1, 0.15) is 19.3 Å². The Morgan fingerprint density at radius 2 is 2.36 bits per heavy atom. The minimum absolute atomic E-state index is 0.0122. The summed E-state index contributed by atoms with van der Waals surface area (Å²) < 4.78 is 0. The predicted octanol–water partition coefficient (Wildman–Crippen LogP) is 1.48. The molecule has 14 heavy (non-hydrogen) atoms. The summed E-state index contributed by atoms with van der Waals surface area (Å²) in [6.45, 7) is 1.02. The van der Waals surface area contributed by atoms with E-state index < -0.39 is 0 Å². The molecule has 0 aromatic rings. The Morgan fingerprint density at radius 3 is 3.29 bits per heavy atom. The van der Waals surface area contributed by atoms with Crippen LogP contribution in [0.25, 0.3) is 0 Å². The van der Waals surface area contributed by atoms with Crippen molar-refractivity contribution in [2.75, 3.05) is 6.54 Å². The number of allylic oxidation sites excluding steroid dienone is 2. The van der Waals surface area contributed by atoms with Crippen LogP contribution in [0.3, 0.4) is 0 Å². The fraction of sp³-hybridized carbons (Fsp3) is 0.455. The maximum absolute atomic E-state index is 11.6. The van der Waals surface area contributed by atoms with E-state index in [9.17, 15) is 4.79 Å². The van der Waals surface area contributed by atoms with Crippen LogP contribution in [-0.4, -0.2) is 23.2 Å². The van der Waals surface area contributed by atoms with Crippen molar-refractivity contribution in [2.45, 2.75) is 19.3 Å². The first-order valence-corrected chi connectivity index (χ1v) is 5.13. The fourth-order valence-electron chi connectivity index (χ4n) is 2.34. The van der Waals surface area contributed by atoms with Gasteiger partial charge in [-0.25, -0.2) is 0 Å². The number of aliphatic imine (C=N–C) groups is 1. The van der Waals surface area contributed by atoms with Gasteiger partial charge >= 0.3 is 0 Å². The minimum Gasteiger partial charge on any atom is -0.332 e. The van der Waals surface area contributed by atoms with Gasteiger partial charge in [0, 0.05) is 18.7 Å². The summed E-state index contributed by atoms with van der Waals surface area (Å²) in [5, 5.41) is 0. The number of piperidine rings is 1. The molecule has 0 radical (unpaired) electrons. The van der Waals surface area contributed by atoms with Gasteiger partial charge in [0.05, 0.1) is 5.92 Å². The SMILES string of the molecule is O=C1N=C2CCCCN2C2=CC=CC12. The summed E-state index contributed by atoms with van der Waals surface area (Å²) in [6.07, 6.45) is 9.27. The van der Waals surface area contributed by atoms with E-state index in [-0.39, 0.29) is 11.8 Å². The second-order valence-electron chi connectivity index (χ2n) is 3.93. The van der Waals surface area contributed by atoms with Crippen molar-refractivity contribution in [3.8, 4) is 0 Å². The van der Waals surface area contributed by atoms with E-state index in [0.29, 0.717) is 0 Å². The average molecular weight is 188 g/mol. The molecule has 0 N–H and O–H groups in total. The lowest BCUT2D eigenvalue weighted by molar-refractivity contribution is -0.120. The van der Waals surface area contributed by atoms with Gasteiger partial charge in [-0.3, -0.25) is 4.79 Å². The molecule has 1 saturated heterocycles. The molecule has 3 nitrogen and oxygen atoms in total. The van der Waals surface area contributed by atoms with Crippen LogP contribution in [0.15, 0.2) is 28.9 Å². The Morgan fingerprint density at radius 1 is 1.43 bits per heavy atom. The normalized spacial score (nSPS) is 29.6. The van der Waals surface area contributed by atoms with E-state index in [2.05, 4.69) is 9.89 Å². The first-order valence-electron chi connectivity index (χ1n) is 5.13. The quantitative estimate of drug-likeness (QED) is 0.576. The van der Waals surface area contributed by atoms with Gasteiger partial charge in [0.15, 0.2) is 0 Å². The number of nitrogens with zero attached hydrogens (tertiary/aromatic N) is 2. The van der Waals surface area contributed by atoms with Gasteiger partial charge in [-0.05, 0) is 18.9 Å². The number of fused-ring (bicyclic) bond motifs is 3. The van der Waals surface area contributed by atoms with Crippen molar-refractivity contribution in [2.24, 2.45) is 10.9 Å². The van der Waals surface area contributed by atoms with E-state index in [4.69, 9.17) is 0 Å². The molecule has 72 valence electrons. The molecule has 1 fully saturated rings. The third-order valence-electron chi connectivity index (χ3n) is 3.05. The largest absolute Gasteiger partial charge is 0.332 e. The first kappa shape index (κ1) is 7.97. The maximum Gasteiger partial charge on any atom is 0.260 e. The Bertz CT molecular complexity index is 379. The highest BCUT2D eigenvalue weighted by molar-refractivity contribution is 6.02. The standard InChI is InChI=1S/C11H12N2O/c14-11-8-4-3-5-9(8)13-7-2-1-6-10(13)12-11/h3-5,8H,1-2,6-7H2. The molecule has 0 saturated carbocycles. The molecule has 3 rings (SSSR count). The maximum atomic E-state index is 11.6. The van der Waals surface area contributed by atoms with Gasteiger partial charge in [0.2, 0.25) is 0 Å². The van der Waals surface area contributed by atoms with Gasteiger partial charge in [-0.15, -0.1) is 0 Å². The van der Waals surface area contributed by atoms with E-state index in [1.54, 1.807) is 0 Å². The van der Waals surface area contributed by atoms with Crippen molar-refractivity contribution >= 4 is 11.7 Å². The summed E-state index contributed by atoms with van der Waals surface area (Å²) in [5.41, 5.74) is 1.14. The second-order valence-corrected chi connectivity index (χ2v) is 3.93. The van der Waals surface area contributed by atoms with Crippen LogP contribution in [0.5, 0.6) is 0 Å². The topological polar surface area (TPSA) is 32.7 Å². The number of hydrogen-bond donors (Lipinski definition) is 0. The molecular weight excluding hydrogens is 176 g/mol. The summed E-state index contributed by atoms with van der Waals surface area (Å²) in [4.78, 5) is 18.0. The summed E-state index contributed by atoms with van der Waals surface area (Å²) in [5.74, 6) is 0.905. The van der Waals surface area contributed by atoms with Crippen LogP contribution in [0.4, 0.5) is 0 Å². The number of amidine groups is 1. The highest BCUT2D eigenvalue weighted by Crippen LogP contribution is 2.31. The van der Waals surface area contributed by atoms with Gasteiger partial charge in [-0.2, -0.15) is 4.99 Å². The molecule has 0 bridgehead atoms. The summed E-state index contributed by atoms with van der Waals surface area (Å²) >= 11 is 0. The van der Waals surface area contributed by atoms with Crippen molar-refractivity contribution in [1.82, 2.24) is 4.90 Å². The minimum atomic E-state index is -0.0863. The molecule has 0 aromatic carbocycles. The van der Waals surface area contributed by atoms with E-state index in [0.717, 1.165) is 30.9 Å². The lowest BCUT2D eigenvalue weighted by Gasteiger charge is -2.36. The number of amides is 1. The van der Waals surface area contributed by atoms with Crippen LogP contribution >= 0.6 is 0 Å².